The van der Waals surface area contributed by atoms with Crippen molar-refractivity contribution in [3.05, 3.63) is 95.7 Å². The molecule has 7 nitrogen and oxygen atoms in total. The molecule has 1 aliphatic rings. The molecule has 0 saturated carbocycles. The number of nitrogens with zero attached hydrogens (tertiary/aromatic N) is 3. The minimum atomic E-state index is -0.0606. The average molecular weight is 495 g/mol. The zero-order valence-electron chi connectivity index (χ0n) is 21.1. The van der Waals surface area contributed by atoms with Crippen LogP contribution in [-0.4, -0.2) is 59.3 Å². The minimum Gasteiger partial charge on any atom is -0.436 e. The molecule has 37 heavy (non-hydrogen) atoms. The third-order valence-electron chi connectivity index (χ3n) is 6.86. The van der Waals surface area contributed by atoms with E-state index < -0.39 is 0 Å². The Balaban J connectivity index is 1.22. The summed E-state index contributed by atoms with van der Waals surface area (Å²) in [6, 6.07) is 23.1. The molecule has 3 aromatic carbocycles. The summed E-state index contributed by atoms with van der Waals surface area (Å²) in [7, 11) is 0. The predicted molar refractivity (Wildman–Crippen MR) is 144 cm³/mol. The Morgan fingerprint density at radius 1 is 0.892 bits per heavy atom. The van der Waals surface area contributed by atoms with Crippen molar-refractivity contribution in [2.45, 2.75) is 13.8 Å². The van der Waals surface area contributed by atoms with E-state index in [1.165, 1.54) is 0 Å². The molecule has 2 amide bonds. The fourth-order valence-electron chi connectivity index (χ4n) is 4.55. The second-order valence-corrected chi connectivity index (χ2v) is 9.31. The van der Waals surface area contributed by atoms with Crippen LogP contribution in [0, 0.1) is 13.8 Å². The van der Waals surface area contributed by atoms with Gasteiger partial charge in [-0.1, -0.05) is 54.6 Å². The van der Waals surface area contributed by atoms with Gasteiger partial charge in [0.05, 0.1) is 18.3 Å². The summed E-state index contributed by atoms with van der Waals surface area (Å²) in [5.74, 6) is 0.974. The topological polar surface area (TPSA) is 78.7 Å². The standard InChI is InChI=1S/C30H30N4O3/c1-21-9-8-14-26(22(21)2)32-28(35)20-33-15-17-34(18-16-33)30(36)25-13-7-6-12-24(25)29-31-19-27(37-29)23-10-4-3-5-11-23/h3-14,19H,15-18,20H2,1-2H3,(H,32,35). The maximum absolute atomic E-state index is 13.5. The molecular formula is C30H30N4O3. The molecule has 0 bridgehead atoms. The van der Waals surface area contributed by atoms with Gasteiger partial charge < -0.3 is 14.6 Å². The normalized spacial score (nSPS) is 13.9. The summed E-state index contributed by atoms with van der Waals surface area (Å²) < 4.78 is 6.02. The van der Waals surface area contributed by atoms with Crippen LogP contribution in [-0.2, 0) is 4.79 Å². The van der Waals surface area contributed by atoms with E-state index in [1.54, 1.807) is 6.20 Å². The number of oxazole rings is 1. The smallest absolute Gasteiger partial charge is 0.254 e. The van der Waals surface area contributed by atoms with Gasteiger partial charge in [-0.3, -0.25) is 14.5 Å². The van der Waals surface area contributed by atoms with Gasteiger partial charge in [-0.2, -0.15) is 0 Å². The summed E-state index contributed by atoms with van der Waals surface area (Å²) in [6.45, 7) is 6.69. The lowest BCUT2D eigenvalue weighted by Gasteiger charge is -2.34. The summed E-state index contributed by atoms with van der Waals surface area (Å²) in [4.78, 5) is 34.5. The van der Waals surface area contributed by atoms with E-state index in [4.69, 9.17) is 4.42 Å². The number of hydrogen-bond donors (Lipinski definition) is 1. The van der Waals surface area contributed by atoms with Crippen molar-refractivity contribution < 1.29 is 14.0 Å². The van der Waals surface area contributed by atoms with Gasteiger partial charge in [-0.15, -0.1) is 0 Å². The number of carbonyl (C=O) groups is 2. The van der Waals surface area contributed by atoms with Gasteiger partial charge in [-0.25, -0.2) is 4.98 Å². The van der Waals surface area contributed by atoms with Crippen molar-refractivity contribution in [3.8, 4) is 22.8 Å². The Hall–Kier alpha value is -4.23. The van der Waals surface area contributed by atoms with Crippen LogP contribution in [0.1, 0.15) is 21.5 Å². The molecule has 0 atom stereocenters. The zero-order valence-corrected chi connectivity index (χ0v) is 21.1. The molecule has 5 rings (SSSR count). The monoisotopic (exact) mass is 494 g/mol. The number of nitrogens with one attached hydrogen (secondary N) is 1. The molecule has 188 valence electrons. The lowest BCUT2D eigenvalue weighted by molar-refractivity contribution is -0.117. The SMILES string of the molecule is Cc1cccc(NC(=O)CN2CCN(C(=O)c3ccccc3-c3ncc(-c4ccccc4)o3)CC2)c1C. The molecule has 0 spiro atoms. The lowest BCUT2D eigenvalue weighted by atomic mass is 10.1. The largest absolute Gasteiger partial charge is 0.436 e. The molecule has 1 saturated heterocycles. The second kappa shape index (κ2) is 10.8. The van der Waals surface area contributed by atoms with Crippen molar-refractivity contribution in [1.29, 1.82) is 0 Å². The third kappa shape index (κ3) is 5.47. The maximum Gasteiger partial charge on any atom is 0.254 e. The highest BCUT2D eigenvalue weighted by atomic mass is 16.4. The van der Waals surface area contributed by atoms with Crippen molar-refractivity contribution in [2.75, 3.05) is 38.0 Å². The number of aromatic nitrogens is 1. The van der Waals surface area contributed by atoms with Crippen molar-refractivity contribution >= 4 is 17.5 Å². The van der Waals surface area contributed by atoms with E-state index >= 15 is 0 Å². The first kappa shape index (κ1) is 24.5. The number of carbonyl (C=O) groups excluding carboxylic acids is 2. The molecule has 0 radical (unpaired) electrons. The first-order chi connectivity index (χ1) is 18.0. The van der Waals surface area contributed by atoms with Crippen LogP contribution in [0.15, 0.2) is 83.4 Å². The van der Waals surface area contributed by atoms with Crippen LogP contribution in [0.3, 0.4) is 0 Å². The highest BCUT2D eigenvalue weighted by Gasteiger charge is 2.26. The quantitative estimate of drug-likeness (QED) is 0.407. The van der Waals surface area contributed by atoms with E-state index in [-0.39, 0.29) is 11.8 Å². The minimum absolute atomic E-state index is 0.0445. The van der Waals surface area contributed by atoms with Crippen molar-refractivity contribution in [3.63, 3.8) is 0 Å². The fraction of sp³-hybridized carbons (Fsp3) is 0.233. The van der Waals surface area contributed by atoms with Gasteiger partial charge in [0.2, 0.25) is 11.8 Å². The van der Waals surface area contributed by atoms with Crippen LogP contribution in [0.4, 0.5) is 5.69 Å². The Morgan fingerprint density at radius 3 is 2.41 bits per heavy atom. The van der Waals surface area contributed by atoms with E-state index in [2.05, 4.69) is 15.2 Å². The van der Waals surface area contributed by atoms with Gasteiger partial charge >= 0.3 is 0 Å². The lowest BCUT2D eigenvalue weighted by Crippen LogP contribution is -2.50. The first-order valence-electron chi connectivity index (χ1n) is 12.5. The molecule has 1 N–H and O–H groups in total. The van der Waals surface area contributed by atoms with Gasteiger partial charge in [0.1, 0.15) is 0 Å². The Bertz CT molecular complexity index is 1410. The number of anilines is 1. The van der Waals surface area contributed by atoms with E-state index in [0.717, 1.165) is 22.4 Å². The maximum atomic E-state index is 13.5. The molecule has 1 aromatic heterocycles. The van der Waals surface area contributed by atoms with Gasteiger partial charge in [0.15, 0.2) is 5.76 Å². The van der Waals surface area contributed by atoms with E-state index in [0.29, 0.717) is 55.5 Å². The van der Waals surface area contributed by atoms with Crippen LogP contribution in [0.25, 0.3) is 22.8 Å². The molecular weight excluding hydrogens is 464 g/mol. The summed E-state index contributed by atoms with van der Waals surface area (Å²) in [5.41, 5.74) is 5.23. The van der Waals surface area contributed by atoms with Crippen molar-refractivity contribution in [1.82, 2.24) is 14.8 Å². The Kier molecular flexibility index (Phi) is 7.14. The molecule has 4 aromatic rings. The van der Waals surface area contributed by atoms with Crippen LogP contribution < -0.4 is 5.32 Å². The molecule has 2 heterocycles. The summed E-state index contributed by atoms with van der Waals surface area (Å²) in [5, 5.41) is 3.02. The molecule has 1 fully saturated rings. The van der Waals surface area contributed by atoms with Crippen molar-refractivity contribution in [2.24, 2.45) is 0 Å². The number of benzene rings is 3. The van der Waals surface area contributed by atoms with Crippen LogP contribution in [0.2, 0.25) is 0 Å². The number of rotatable bonds is 6. The Labute approximate surface area is 216 Å². The van der Waals surface area contributed by atoms with Crippen LogP contribution in [0.5, 0.6) is 0 Å². The highest BCUT2D eigenvalue weighted by Crippen LogP contribution is 2.29. The number of amides is 2. The molecule has 0 aliphatic carbocycles. The first-order valence-corrected chi connectivity index (χ1v) is 12.5. The fourth-order valence-corrected chi connectivity index (χ4v) is 4.55. The highest BCUT2D eigenvalue weighted by molar-refractivity contribution is 6.00. The van der Waals surface area contributed by atoms with Crippen LogP contribution >= 0.6 is 0 Å². The molecule has 1 aliphatic heterocycles. The summed E-state index contributed by atoms with van der Waals surface area (Å²) >= 11 is 0. The average Bonchev–Trinajstić information content (AvgIpc) is 3.42. The zero-order chi connectivity index (χ0) is 25.8. The van der Waals surface area contributed by atoms with Gasteiger partial charge in [0.25, 0.3) is 5.91 Å². The van der Waals surface area contributed by atoms with Gasteiger partial charge in [-0.05, 0) is 43.2 Å². The Morgan fingerprint density at radius 2 is 1.62 bits per heavy atom. The number of aryl methyl sites for hydroxylation is 1. The second-order valence-electron chi connectivity index (χ2n) is 9.31. The number of hydrogen-bond acceptors (Lipinski definition) is 5. The molecule has 7 heteroatoms. The van der Waals surface area contributed by atoms with Gasteiger partial charge in [0, 0.05) is 43.0 Å². The predicted octanol–water partition coefficient (Wildman–Crippen LogP) is 5.02. The van der Waals surface area contributed by atoms with E-state index in [9.17, 15) is 9.59 Å². The third-order valence-corrected chi connectivity index (χ3v) is 6.86. The summed E-state index contributed by atoms with van der Waals surface area (Å²) in [6.07, 6.45) is 1.69. The molecule has 0 unspecified atom stereocenters. The van der Waals surface area contributed by atoms with E-state index in [1.807, 2.05) is 91.5 Å². The number of piperazine rings is 1.